The Morgan fingerprint density at radius 1 is 1.09 bits per heavy atom. The van der Waals surface area contributed by atoms with E-state index in [0.29, 0.717) is 10.8 Å². The molecule has 0 N–H and O–H groups in total. The Labute approximate surface area is 191 Å². The molecule has 0 radical (unpaired) electrons. The number of hydrogen-bond acceptors (Lipinski definition) is 5. The van der Waals surface area contributed by atoms with Crippen LogP contribution in [0.2, 0.25) is 0 Å². The van der Waals surface area contributed by atoms with Gasteiger partial charge in [-0.05, 0) is 45.0 Å². The quantitative estimate of drug-likeness (QED) is 0.666. The van der Waals surface area contributed by atoms with E-state index in [-0.39, 0.29) is 31.1 Å². The fraction of sp³-hybridized carbons (Fsp3) is 0.409. The van der Waals surface area contributed by atoms with Gasteiger partial charge in [0.2, 0.25) is 0 Å². The van der Waals surface area contributed by atoms with Crippen molar-refractivity contribution in [1.29, 1.82) is 0 Å². The lowest BCUT2D eigenvalue weighted by atomic mass is 10.2. The number of para-hydroxylation sites is 3. The molecular weight excluding hydrogens is 456 g/mol. The second kappa shape index (κ2) is 8.45. The number of morpholine rings is 1. The minimum absolute atomic E-state index is 0.108. The second-order valence-electron chi connectivity index (χ2n) is 8.78. The minimum atomic E-state index is -4.38. The van der Waals surface area contributed by atoms with E-state index >= 15 is 0 Å². The topological polar surface area (TPSA) is 79.4 Å². The Hall–Kier alpha value is -2.92. The normalized spacial score (nSPS) is 20.0. The molecule has 0 aromatic heterocycles. The van der Waals surface area contributed by atoms with E-state index in [0.717, 1.165) is 16.4 Å². The summed E-state index contributed by atoms with van der Waals surface area (Å²) in [6.45, 7) is 5.74. The Kier molecular flexibility index (Phi) is 5.95. The van der Waals surface area contributed by atoms with Crippen LogP contribution in [0.15, 0.2) is 42.5 Å². The number of hydrogen-bond donors (Lipinski definition) is 0. The van der Waals surface area contributed by atoms with Crippen molar-refractivity contribution in [3.05, 3.63) is 54.1 Å². The smallest absolute Gasteiger partial charge is 0.410 e. The van der Waals surface area contributed by atoms with Gasteiger partial charge in [-0.3, -0.25) is 0 Å². The number of benzene rings is 2. The van der Waals surface area contributed by atoms with Crippen molar-refractivity contribution in [2.45, 2.75) is 32.5 Å². The van der Waals surface area contributed by atoms with Gasteiger partial charge in [0.25, 0.3) is 0 Å². The van der Waals surface area contributed by atoms with Gasteiger partial charge in [-0.1, -0.05) is 18.2 Å². The highest BCUT2D eigenvalue weighted by Crippen LogP contribution is 2.46. The number of ether oxygens (including phenoxy) is 2. The predicted octanol–water partition coefficient (Wildman–Crippen LogP) is 3.80. The van der Waals surface area contributed by atoms with Gasteiger partial charge in [-0.25, -0.2) is 22.2 Å². The summed E-state index contributed by atoms with van der Waals surface area (Å²) in [5, 5.41) is 0. The first kappa shape index (κ1) is 23.2. The summed E-state index contributed by atoms with van der Waals surface area (Å²) in [4.78, 5) is 13.9. The van der Waals surface area contributed by atoms with Crippen molar-refractivity contribution < 1.29 is 31.5 Å². The lowest BCUT2D eigenvalue weighted by Crippen LogP contribution is -2.51. The van der Waals surface area contributed by atoms with Crippen LogP contribution in [0.1, 0.15) is 20.8 Å². The van der Waals surface area contributed by atoms with Crippen molar-refractivity contribution >= 4 is 33.4 Å². The van der Waals surface area contributed by atoms with Crippen LogP contribution in [0.25, 0.3) is 0 Å². The summed E-state index contributed by atoms with van der Waals surface area (Å²) >= 11 is 0. The number of amides is 1. The molecule has 2 aromatic carbocycles. The molecule has 2 aromatic rings. The fourth-order valence-corrected chi connectivity index (χ4v) is 5.58. The molecule has 2 aliphatic rings. The van der Waals surface area contributed by atoms with E-state index in [1.54, 1.807) is 39.0 Å². The molecular formula is C22H25F2N3O5S. The molecule has 178 valence electrons. The number of nitrogens with zero attached hydrogens (tertiary/aromatic N) is 3. The average Bonchev–Trinajstić information content (AvgIpc) is 2.94. The highest BCUT2D eigenvalue weighted by Gasteiger charge is 2.45. The van der Waals surface area contributed by atoms with Crippen molar-refractivity contribution in [3.8, 4) is 0 Å². The van der Waals surface area contributed by atoms with Gasteiger partial charge in [0.05, 0.1) is 37.2 Å². The molecule has 11 heteroatoms. The standard InChI is InChI=1S/C22H25F2N3O5S/c1-22(2,3)32-21(28)25-11-12-31-15(13-25)14-26-18-9-4-5-10-19(18)27(33(26,29)30)20-16(23)7-6-8-17(20)24/h4-10,15H,11-14H2,1-3H3/t15-/m0/s1. The summed E-state index contributed by atoms with van der Waals surface area (Å²) < 4.78 is 68.9. The maximum absolute atomic E-state index is 14.6. The van der Waals surface area contributed by atoms with Gasteiger partial charge < -0.3 is 14.4 Å². The Balaban J connectivity index is 1.63. The van der Waals surface area contributed by atoms with Crippen LogP contribution in [0.5, 0.6) is 0 Å². The largest absolute Gasteiger partial charge is 0.444 e. The number of halogens is 2. The lowest BCUT2D eigenvalue weighted by molar-refractivity contribution is -0.0380. The first-order valence-electron chi connectivity index (χ1n) is 10.4. The summed E-state index contributed by atoms with van der Waals surface area (Å²) in [6.07, 6.45) is -1.19. The van der Waals surface area contributed by atoms with Gasteiger partial charge in [-0.2, -0.15) is 8.42 Å². The fourth-order valence-electron chi connectivity index (χ4n) is 3.81. The van der Waals surface area contributed by atoms with Crippen molar-refractivity contribution in [2.24, 2.45) is 0 Å². The molecule has 1 saturated heterocycles. The first-order valence-corrected chi connectivity index (χ1v) is 11.8. The molecule has 4 rings (SSSR count). The SMILES string of the molecule is CC(C)(C)OC(=O)N1CCO[C@H](CN2c3ccccc3N(c3c(F)cccc3F)S2(=O)=O)C1. The molecule has 1 atom stereocenters. The van der Waals surface area contributed by atoms with Crippen LogP contribution in [-0.2, 0) is 19.7 Å². The van der Waals surface area contributed by atoms with Gasteiger partial charge in [0.1, 0.15) is 11.3 Å². The van der Waals surface area contributed by atoms with E-state index in [9.17, 15) is 22.0 Å². The highest BCUT2D eigenvalue weighted by molar-refractivity contribution is 7.95. The zero-order chi connectivity index (χ0) is 24.0. The molecule has 2 aliphatic heterocycles. The maximum atomic E-state index is 14.6. The lowest BCUT2D eigenvalue weighted by Gasteiger charge is -2.35. The number of fused-ring (bicyclic) bond motifs is 1. The molecule has 2 heterocycles. The van der Waals surface area contributed by atoms with Gasteiger partial charge in [0, 0.05) is 6.54 Å². The Bertz CT molecular complexity index is 1150. The van der Waals surface area contributed by atoms with E-state index in [2.05, 4.69) is 0 Å². The summed E-state index contributed by atoms with van der Waals surface area (Å²) in [5.74, 6) is -2.00. The molecule has 0 aliphatic carbocycles. The maximum Gasteiger partial charge on any atom is 0.410 e. The van der Waals surface area contributed by atoms with Gasteiger partial charge in [0.15, 0.2) is 11.6 Å². The molecule has 33 heavy (non-hydrogen) atoms. The van der Waals surface area contributed by atoms with Crippen LogP contribution in [0, 0.1) is 11.6 Å². The Morgan fingerprint density at radius 2 is 1.73 bits per heavy atom. The van der Waals surface area contributed by atoms with Crippen molar-refractivity contribution in [2.75, 3.05) is 34.9 Å². The average molecular weight is 482 g/mol. The van der Waals surface area contributed by atoms with Gasteiger partial charge >= 0.3 is 16.3 Å². The number of carbonyl (C=O) groups excluding carboxylic acids is 1. The van der Waals surface area contributed by atoms with E-state index in [4.69, 9.17) is 9.47 Å². The zero-order valence-corrected chi connectivity index (χ0v) is 19.3. The van der Waals surface area contributed by atoms with Crippen LogP contribution in [0.4, 0.5) is 30.6 Å². The van der Waals surface area contributed by atoms with Crippen molar-refractivity contribution in [3.63, 3.8) is 0 Å². The molecule has 0 saturated carbocycles. The third kappa shape index (κ3) is 4.47. The zero-order valence-electron chi connectivity index (χ0n) is 18.5. The Morgan fingerprint density at radius 3 is 2.36 bits per heavy atom. The van der Waals surface area contributed by atoms with E-state index in [1.165, 1.54) is 17.0 Å². The van der Waals surface area contributed by atoms with Crippen molar-refractivity contribution in [1.82, 2.24) is 4.90 Å². The first-order chi connectivity index (χ1) is 15.5. The molecule has 8 nitrogen and oxygen atoms in total. The number of carbonyl (C=O) groups is 1. The van der Waals surface area contributed by atoms with E-state index < -0.39 is 45.3 Å². The van der Waals surface area contributed by atoms with Crippen LogP contribution >= 0.6 is 0 Å². The molecule has 0 bridgehead atoms. The monoisotopic (exact) mass is 481 g/mol. The van der Waals surface area contributed by atoms with Gasteiger partial charge in [-0.15, -0.1) is 0 Å². The molecule has 1 amide bonds. The highest BCUT2D eigenvalue weighted by atomic mass is 32.2. The number of anilines is 3. The molecule has 1 fully saturated rings. The van der Waals surface area contributed by atoms with Crippen LogP contribution < -0.4 is 8.61 Å². The molecule has 0 unspecified atom stereocenters. The summed E-state index contributed by atoms with van der Waals surface area (Å²) in [5.41, 5.74) is -0.959. The van der Waals surface area contributed by atoms with Crippen LogP contribution in [-0.4, -0.2) is 57.4 Å². The third-order valence-corrected chi connectivity index (χ3v) is 6.92. The van der Waals surface area contributed by atoms with Crippen LogP contribution in [0.3, 0.4) is 0 Å². The molecule has 0 spiro atoms. The summed E-state index contributed by atoms with van der Waals surface area (Å²) in [7, 11) is -4.38. The number of rotatable bonds is 3. The second-order valence-corrected chi connectivity index (χ2v) is 10.5. The van der Waals surface area contributed by atoms with E-state index in [1.807, 2.05) is 0 Å². The summed E-state index contributed by atoms with van der Waals surface area (Å²) in [6, 6.07) is 9.43. The third-order valence-electron chi connectivity index (χ3n) is 5.18. The predicted molar refractivity (Wildman–Crippen MR) is 119 cm³/mol. The minimum Gasteiger partial charge on any atom is -0.444 e.